The molecule has 0 aliphatic rings. The number of benzene rings is 3. The standard InChI is InChI=1S/C24H25ClN2O3S/c1-17-9-14-22(18(2)15-17)24(19-7-5-4-6-8-19)26-23(28)16-27(3)31(29,30)21-12-10-20(25)11-13-21/h4-15,24H,16H2,1-3H3,(H,26,28). The number of rotatable bonds is 7. The molecule has 1 N–H and O–H groups in total. The van der Waals surface area contributed by atoms with E-state index in [2.05, 4.69) is 11.4 Å². The Labute approximate surface area is 188 Å². The van der Waals surface area contributed by atoms with Crippen LogP contribution in [0, 0.1) is 13.8 Å². The fraction of sp³-hybridized carbons (Fsp3) is 0.208. The lowest BCUT2D eigenvalue weighted by atomic mass is 9.94. The number of amides is 1. The van der Waals surface area contributed by atoms with Gasteiger partial charge in [-0.25, -0.2) is 8.42 Å². The monoisotopic (exact) mass is 456 g/mol. The summed E-state index contributed by atoms with van der Waals surface area (Å²) < 4.78 is 26.6. The molecular weight excluding hydrogens is 432 g/mol. The lowest BCUT2D eigenvalue weighted by Gasteiger charge is -2.24. The van der Waals surface area contributed by atoms with Crippen molar-refractivity contribution in [3.8, 4) is 0 Å². The Kier molecular flexibility index (Phi) is 7.15. The van der Waals surface area contributed by atoms with E-state index in [1.807, 2.05) is 56.3 Å². The van der Waals surface area contributed by atoms with Crippen LogP contribution in [0.4, 0.5) is 0 Å². The molecule has 0 aliphatic heterocycles. The van der Waals surface area contributed by atoms with Gasteiger partial charge >= 0.3 is 0 Å². The van der Waals surface area contributed by atoms with Crippen LogP contribution >= 0.6 is 11.6 Å². The van der Waals surface area contributed by atoms with E-state index in [0.29, 0.717) is 5.02 Å². The third kappa shape index (κ3) is 5.53. The lowest BCUT2D eigenvalue weighted by molar-refractivity contribution is -0.121. The summed E-state index contributed by atoms with van der Waals surface area (Å²) >= 11 is 5.85. The van der Waals surface area contributed by atoms with E-state index in [0.717, 1.165) is 26.6 Å². The number of sulfonamides is 1. The molecule has 0 aromatic heterocycles. The first-order valence-corrected chi connectivity index (χ1v) is 11.6. The van der Waals surface area contributed by atoms with Crippen LogP contribution in [-0.4, -0.2) is 32.2 Å². The lowest BCUT2D eigenvalue weighted by Crippen LogP contribution is -2.40. The molecule has 0 aliphatic carbocycles. The van der Waals surface area contributed by atoms with Crippen molar-refractivity contribution in [3.05, 3.63) is 100 Å². The van der Waals surface area contributed by atoms with Crippen molar-refractivity contribution in [1.82, 2.24) is 9.62 Å². The largest absolute Gasteiger partial charge is 0.344 e. The minimum atomic E-state index is -3.82. The first-order valence-electron chi connectivity index (χ1n) is 9.82. The minimum absolute atomic E-state index is 0.0844. The highest BCUT2D eigenvalue weighted by atomic mass is 35.5. The highest BCUT2D eigenvalue weighted by Crippen LogP contribution is 2.26. The molecule has 31 heavy (non-hydrogen) atoms. The SMILES string of the molecule is Cc1ccc(C(NC(=O)CN(C)S(=O)(=O)c2ccc(Cl)cc2)c2ccccc2)c(C)c1. The van der Waals surface area contributed by atoms with Crippen LogP contribution in [0.15, 0.2) is 77.7 Å². The molecule has 3 aromatic rings. The Hall–Kier alpha value is -2.67. The van der Waals surface area contributed by atoms with Crippen LogP contribution in [0.1, 0.15) is 28.3 Å². The summed E-state index contributed by atoms with van der Waals surface area (Å²) in [5.41, 5.74) is 4.07. The van der Waals surface area contributed by atoms with Crippen molar-refractivity contribution in [2.24, 2.45) is 0 Å². The van der Waals surface area contributed by atoms with Gasteiger partial charge in [0.05, 0.1) is 17.5 Å². The van der Waals surface area contributed by atoms with Crippen LogP contribution in [0.5, 0.6) is 0 Å². The second-order valence-corrected chi connectivity index (χ2v) is 9.97. The van der Waals surface area contributed by atoms with E-state index in [4.69, 9.17) is 11.6 Å². The molecule has 1 unspecified atom stereocenters. The van der Waals surface area contributed by atoms with Crippen molar-refractivity contribution in [3.63, 3.8) is 0 Å². The van der Waals surface area contributed by atoms with Crippen LogP contribution in [0.25, 0.3) is 0 Å². The quantitative estimate of drug-likeness (QED) is 0.569. The maximum absolute atomic E-state index is 12.9. The number of likely N-dealkylation sites (N-methyl/N-ethyl adjacent to an activating group) is 1. The summed E-state index contributed by atoms with van der Waals surface area (Å²) in [5, 5.41) is 3.45. The Morgan fingerprint density at radius 2 is 1.65 bits per heavy atom. The van der Waals surface area contributed by atoms with Gasteiger partial charge in [0.15, 0.2) is 0 Å². The summed E-state index contributed by atoms with van der Waals surface area (Å²) in [5.74, 6) is -0.395. The molecule has 162 valence electrons. The molecule has 5 nitrogen and oxygen atoms in total. The first-order chi connectivity index (χ1) is 14.7. The van der Waals surface area contributed by atoms with Gasteiger partial charge in [0.2, 0.25) is 15.9 Å². The molecule has 0 spiro atoms. The topological polar surface area (TPSA) is 66.5 Å². The third-order valence-electron chi connectivity index (χ3n) is 5.06. The molecule has 7 heteroatoms. The van der Waals surface area contributed by atoms with Gasteiger partial charge in [-0.1, -0.05) is 65.7 Å². The molecule has 0 heterocycles. The van der Waals surface area contributed by atoms with E-state index < -0.39 is 15.9 Å². The van der Waals surface area contributed by atoms with Gasteiger partial charge < -0.3 is 5.32 Å². The number of nitrogens with zero attached hydrogens (tertiary/aromatic N) is 1. The van der Waals surface area contributed by atoms with E-state index in [1.54, 1.807) is 0 Å². The minimum Gasteiger partial charge on any atom is -0.344 e. The molecule has 0 bridgehead atoms. The second kappa shape index (κ2) is 9.64. The molecule has 0 fully saturated rings. The summed E-state index contributed by atoms with van der Waals surface area (Å²) in [6.45, 7) is 3.71. The zero-order valence-corrected chi connectivity index (χ0v) is 19.2. The van der Waals surface area contributed by atoms with E-state index >= 15 is 0 Å². The average Bonchev–Trinajstić information content (AvgIpc) is 2.73. The van der Waals surface area contributed by atoms with Crippen molar-refractivity contribution in [2.45, 2.75) is 24.8 Å². The maximum Gasteiger partial charge on any atom is 0.243 e. The molecule has 0 saturated carbocycles. The Balaban J connectivity index is 1.83. The van der Waals surface area contributed by atoms with E-state index in [1.165, 1.54) is 31.3 Å². The zero-order chi connectivity index (χ0) is 22.6. The molecular formula is C24H25ClN2O3S. The zero-order valence-electron chi connectivity index (χ0n) is 17.7. The molecule has 0 radical (unpaired) electrons. The Morgan fingerprint density at radius 1 is 1.00 bits per heavy atom. The fourth-order valence-electron chi connectivity index (χ4n) is 3.42. The third-order valence-corrected chi connectivity index (χ3v) is 7.13. The predicted molar refractivity (Wildman–Crippen MR) is 124 cm³/mol. The highest BCUT2D eigenvalue weighted by Gasteiger charge is 2.25. The predicted octanol–water partition coefficient (Wildman–Crippen LogP) is 4.48. The number of nitrogens with one attached hydrogen (secondary N) is 1. The van der Waals surface area contributed by atoms with Crippen LogP contribution in [0.3, 0.4) is 0 Å². The van der Waals surface area contributed by atoms with Crippen molar-refractivity contribution < 1.29 is 13.2 Å². The number of aryl methyl sites for hydroxylation is 2. The number of hydrogen-bond acceptors (Lipinski definition) is 3. The van der Waals surface area contributed by atoms with Crippen LogP contribution in [0.2, 0.25) is 5.02 Å². The maximum atomic E-state index is 12.9. The molecule has 1 amide bonds. The van der Waals surface area contributed by atoms with Gasteiger partial charge in [-0.3, -0.25) is 4.79 Å². The summed E-state index contributed by atoms with van der Waals surface area (Å²) in [7, 11) is -2.43. The van der Waals surface area contributed by atoms with Gasteiger partial charge in [-0.2, -0.15) is 4.31 Å². The summed E-state index contributed by atoms with van der Waals surface area (Å²) in [4.78, 5) is 13.0. The molecule has 1 atom stereocenters. The van der Waals surface area contributed by atoms with Crippen molar-refractivity contribution in [1.29, 1.82) is 0 Å². The second-order valence-electron chi connectivity index (χ2n) is 7.49. The average molecular weight is 457 g/mol. The molecule has 0 saturated heterocycles. The number of carbonyl (C=O) groups excluding carboxylic acids is 1. The molecule has 3 aromatic carbocycles. The van der Waals surface area contributed by atoms with E-state index in [9.17, 15) is 13.2 Å². The number of hydrogen-bond donors (Lipinski definition) is 1. The Bertz CT molecular complexity index is 1160. The van der Waals surface area contributed by atoms with Gasteiger partial charge in [-0.15, -0.1) is 0 Å². The summed E-state index contributed by atoms with van der Waals surface area (Å²) in [6, 6.07) is 21.2. The van der Waals surface area contributed by atoms with Crippen molar-refractivity contribution >= 4 is 27.5 Å². The van der Waals surface area contributed by atoms with Gasteiger partial charge in [0, 0.05) is 12.1 Å². The van der Waals surface area contributed by atoms with Gasteiger partial charge in [0.25, 0.3) is 0 Å². The van der Waals surface area contributed by atoms with Crippen LogP contribution in [-0.2, 0) is 14.8 Å². The summed E-state index contributed by atoms with van der Waals surface area (Å²) in [6.07, 6.45) is 0. The van der Waals surface area contributed by atoms with Gasteiger partial charge in [0.1, 0.15) is 0 Å². The van der Waals surface area contributed by atoms with Crippen molar-refractivity contribution in [2.75, 3.05) is 13.6 Å². The normalized spacial score (nSPS) is 12.5. The fourth-order valence-corrected chi connectivity index (χ4v) is 4.67. The Morgan fingerprint density at radius 3 is 2.26 bits per heavy atom. The van der Waals surface area contributed by atoms with Gasteiger partial charge in [-0.05, 0) is 54.8 Å². The van der Waals surface area contributed by atoms with Crippen LogP contribution < -0.4 is 5.32 Å². The molecule has 3 rings (SSSR count). The smallest absolute Gasteiger partial charge is 0.243 e. The van der Waals surface area contributed by atoms with E-state index in [-0.39, 0.29) is 17.5 Å². The highest BCUT2D eigenvalue weighted by molar-refractivity contribution is 7.89. The first kappa shape index (κ1) is 23.0. The number of halogens is 1. The number of carbonyl (C=O) groups is 1.